The first-order valence-electron chi connectivity index (χ1n) is 8.61. The van der Waals surface area contributed by atoms with Gasteiger partial charge in [0.25, 0.3) is 5.91 Å². The lowest BCUT2D eigenvalue weighted by molar-refractivity contribution is -0.141. The van der Waals surface area contributed by atoms with Gasteiger partial charge in [-0.1, -0.05) is 12.1 Å². The molecule has 7 nitrogen and oxygen atoms in total. The van der Waals surface area contributed by atoms with E-state index in [1.165, 1.54) is 0 Å². The highest BCUT2D eigenvalue weighted by Gasteiger charge is 2.28. The summed E-state index contributed by atoms with van der Waals surface area (Å²) in [6.45, 7) is 6.97. The Balaban J connectivity index is 1.84. The molecule has 1 saturated heterocycles. The molecule has 0 bridgehead atoms. The van der Waals surface area contributed by atoms with Crippen LogP contribution in [0.15, 0.2) is 24.4 Å². The van der Waals surface area contributed by atoms with E-state index in [0.717, 1.165) is 22.5 Å². The van der Waals surface area contributed by atoms with E-state index >= 15 is 0 Å². The number of rotatable bonds is 4. The number of aliphatic carboxylic acids is 1. The smallest absolute Gasteiger partial charge is 0.306 e. The molecule has 138 valence electrons. The highest BCUT2D eigenvalue weighted by Crippen LogP contribution is 2.21. The largest absolute Gasteiger partial charge is 0.481 e. The standard InChI is InChI=1S/C19H23N3O4/c1-12-4-5-13(2)17(8-12)22-14(3)16(10-20-22)19(25)21-6-7-26-15(11-21)9-18(23)24/h4-5,8,10,15H,6-7,9,11H2,1-3H3,(H,23,24)/t15-/m1/s1. The number of carbonyl (C=O) groups excluding carboxylic acids is 1. The lowest BCUT2D eigenvalue weighted by atomic mass is 10.1. The lowest BCUT2D eigenvalue weighted by Gasteiger charge is -2.32. The molecule has 1 fully saturated rings. The van der Waals surface area contributed by atoms with Crippen LogP contribution in [0, 0.1) is 20.8 Å². The first kappa shape index (κ1) is 18.1. The zero-order valence-corrected chi connectivity index (χ0v) is 15.2. The Labute approximate surface area is 152 Å². The fourth-order valence-electron chi connectivity index (χ4n) is 3.20. The van der Waals surface area contributed by atoms with Crippen molar-refractivity contribution in [3.05, 3.63) is 46.8 Å². The number of ether oxygens (including phenoxy) is 1. The van der Waals surface area contributed by atoms with Crippen molar-refractivity contribution in [2.24, 2.45) is 0 Å². The maximum Gasteiger partial charge on any atom is 0.306 e. The molecule has 7 heteroatoms. The molecule has 1 aliphatic rings. The van der Waals surface area contributed by atoms with E-state index in [-0.39, 0.29) is 18.9 Å². The zero-order valence-electron chi connectivity index (χ0n) is 15.2. The van der Waals surface area contributed by atoms with E-state index in [4.69, 9.17) is 9.84 Å². The molecule has 1 aromatic carbocycles. The Morgan fingerprint density at radius 3 is 2.81 bits per heavy atom. The van der Waals surface area contributed by atoms with Crippen molar-refractivity contribution >= 4 is 11.9 Å². The third-order valence-corrected chi connectivity index (χ3v) is 4.66. The number of benzene rings is 1. The Hall–Kier alpha value is -2.67. The van der Waals surface area contributed by atoms with Crippen LogP contribution in [0.5, 0.6) is 0 Å². The first-order valence-corrected chi connectivity index (χ1v) is 8.61. The van der Waals surface area contributed by atoms with Crippen LogP contribution in [-0.2, 0) is 9.53 Å². The normalized spacial score (nSPS) is 17.3. The summed E-state index contributed by atoms with van der Waals surface area (Å²) in [5.41, 5.74) is 4.45. The molecule has 2 aromatic rings. The van der Waals surface area contributed by atoms with Crippen molar-refractivity contribution in [1.82, 2.24) is 14.7 Å². The van der Waals surface area contributed by atoms with Crippen LogP contribution in [-0.4, -0.2) is 57.5 Å². The summed E-state index contributed by atoms with van der Waals surface area (Å²) in [6, 6.07) is 6.12. The minimum Gasteiger partial charge on any atom is -0.481 e. The van der Waals surface area contributed by atoms with Gasteiger partial charge in [-0.25, -0.2) is 4.68 Å². The van der Waals surface area contributed by atoms with Crippen molar-refractivity contribution < 1.29 is 19.4 Å². The summed E-state index contributed by atoms with van der Waals surface area (Å²) >= 11 is 0. The second kappa shape index (κ2) is 7.29. The summed E-state index contributed by atoms with van der Waals surface area (Å²) in [5, 5.41) is 13.3. The third kappa shape index (κ3) is 3.62. The van der Waals surface area contributed by atoms with Crippen LogP contribution in [0.1, 0.15) is 33.6 Å². The van der Waals surface area contributed by atoms with Gasteiger partial charge in [0.05, 0.1) is 42.3 Å². The van der Waals surface area contributed by atoms with Gasteiger partial charge in [0.15, 0.2) is 0 Å². The van der Waals surface area contributed by atoms with Crippen LogP contribution in [0.25, 0.3) is 5.69 Å². The van der Waals surface area contributed by atoms with Gasteiger partial charge in [0.1, 0.15) is 0 Å². The van der Waals surface area contributed by atoms with Gasteiger partial charge < -0.3 is 14.7 Å². The Kier molecular flexibility index (Phi) is 5.08. The second-order valence-electron chi connectivity index (χ2n) is 6.69. The van der Waals surface area contributed by atoms with Crippen molar-refractivity contribution in [2.45, 2.75) is 33.3 Å². The zero-order chi connectivity index (χ0) is 18.8. The van der Waals surface area contributed by atoms with Gasteiger partial charge in [0, 0.05) is 13.1 Å². The predicted octanol–water partition coefficient (Wildman–Crippen LogP) is 2.11. The molecule has 0 radical (unpaired) electrons. The molecule has 1 atom stereocenters. The fourth-order valence-corrected chi connectivity index (χ4v) is 3.20. The number of carboxylic acid groups (broad SMARTS) is 1. The maximum atomic E-state index is 12.9. The van der Waals surface area contributed by atoms with Gasteiger partial charge >= 0.3 is 5.97 Å². The molecule has 3 rings (SSSR count). The Morgan fingerprint density at radius 2 is 2.08 bits per heavy atom. The number of hydrogen-bond acceptors (Lipinski definition) is 4. The highest BCUT2D eigenvalue weighted by atomic mass is 16.5. The van der Waals surface area contributed by atoms with Crippen LogP contribution in [0.3, 0.4) is 0 Å². The number of carbonyl (C=O) groups is 2. The summed E-state index contributed by atoms with van der Waals surface area (Å²) < 4.78 is 7.23. The molecule has 0 unspecified atom stereocenters. The quantitative estimate of drug-likeness (QED) is 0.906. The lowest BCUT2D eigenvalue weighted by Crippen LogP contribution is -2.46. The molecular weight excluding hydrogens is 334 g/mol. The number of morpholine rings is 1. The monoisotopic (exact) mass is 357 g/mol. The number of aryl methyl sites for hydroxylation is 2. The van der Waals surface area contributed by atoms with E-state index in [1.54, 1.807) is 15.8 Å². The summed E-state index contributed by atoms with van der Waals surface area (Å²) in [7, 11) is 0. The molecule has 0 saturated carbocycles. The predicted molar refractivity (Wildman–Crippen MR) is 95.7 cm³/mol. The van der Waals surface area contributed by atoms with E-state index in [9.17, 15) is 9.59 Å². The number of nitrogens with zero attached hydrogens (tertiary/aromatic N) is 3. The van der Waals surface area contributed by atoms with E-state index in [0.29, 0.717) is 18.7 Å². The van der Waals surface area contributed by atoms with Gasteiger partial charge in [0.2, 0.25) is 0 Å². The molecule has 2 heterocycles. The fraction of sp³-hybridized carbons (Fsp3) is 0.421. The first-order chi connectivity index (χ1) is 12.4. The average Bonchev–Trinajstić information content (AvgIpc) is 2.97. The topological polar surface area (TPSA) is 84.7 Å². The number of amides is 1. The van der Waals surface area contributed by atoms with Crippen molar-refractivity contribution in [3.63, 3.8) is 0 Å². The second-order valence-corrected chi connectivity index (χ2v) is 6.69. The van der Waals surface area contributed by atoms with E-state index in [1.807, 2.05) is 39.0 Å². The molecule has 0 spiro atoms. The number of aromatic nitrogens is 2. The maximum absolute atomic E-state index is 12.9. The van der Waals surface area contributed by atoms with Gasteiger partial charge in [-0.15, -0.1) is 0 Å². The van der Waals surface area contributed by atoms with Crippen LogP contribution in [0.4, 0.5) is 0 Å². The number of carboxylic acids is 1. The molecule has 1 aliphatic heterocycles. The van der Waals surface area contributed by atoms with Crippen LogP contribution >= 0.6 is 0 Å². The van der Waals surface area contributed by atoms with E-state index < -0.39 is 12.1 Å². The molecule has 26 heavy (non-hydrogen) atoms. The molecular formula is C19H23N3O4. The van der Waals surface area contributed by atoms with Gasteiger partial charge in [-0.2, -0.15) is 5.10 Å². The Bertz CT molecular complexity index is 843. The minimum atomic E-state index is -0.928. The average molecular weight is 357 g/mol. The molecule has 1 amide bonds. The SMILES string of the molecule is Cc1ccc(C)c(-n2ncc(C(=O)N3CCO[C@H](CC(=O)O)C3)c2C)c1. The van der Waals surface area contributed by atoms with Crippen LogP contribution < -0.4 is 0 Å². The third-order valence-electron chi connectivity index (χ3n) is 4.66. The Morgan fingerprint density at radius 1 is 1.31 bits per heavy atom. The van der Waals surface area contributed by atoms with Crippen LogP contribution in [0.2, 0.25) is 0 Å². The van der Waals surface area contributed by atoms with Crippen molar-refractivity contribution in [2.75, 3.05) is 19.7 Å². The summed E-state index contributed by atoms with van der Waals surface area (Å²) in [5.74, 6) is -1.07. The molecule has 1 N–H and O–H groups in total. The van der Waals surface area contributed by atoms with E-state index in [2.05, 4.69) is 5.10 Å². The minimum absolute atomic E-state index is 0.107. The summed E-state index contributed by atoms with van der Waals surface area (Å²) in [4.78, 5) is 25.5. The molecule has 0 aliphatic carbocycles. The van der Waals surface area contributed by atoms with Crippen molar-refractivity contribution in [3.8, 4) is 5.69 Å². The van der Waals surface area contributed by atoms with Gasteiger partial charge in [-0.3, -0.25) is 9.59 Å². The van der Waals surface area contributed by atoms with Crippen molar-refractivity contribution in [1.29, 1.82) is 0 Å². The highest BCUT2D eigenvalue weighted by molar-refractivity contribution is 5.95. The molecule has 1 aromatic heterocycles. The summed E-state index contributed by atoms with van der Waals surface area (Å²) in [6.07, 6.45) is 1.01. The van der Waals surface area contributed by atoms with Gasteiger partial charge in [-0.05, 0) is 38.0 Å². The number of hydrogen-bond donors (Lipinski definition) is 1.